The highest BCUT2D eigenvalue weighted by molar-refractivity contribution is 5.92. The molecule has 1 saturated heterocycles. The molecule has 1 amide bonds. The summed E-state index contributed by atoms with van der Waals surface area (Å²) in [6.45, 7) is 5.74. The van der Waals surface area contributed by atoms with Gasteiger partial charge in [-0.1, -0.05) is 18.2 Å². The molecule has 1 heterocycles. The van der Waals surface area contributed by atoms with E-state index in [1.54, 1.807) is 31.2 Å². The van der Waals surface area contributed by atoms with Gasteiger partial charge in [0.05, 0.1) is 5.56 Å². The summed E-state index contributed by atoms with van der Waals surface area (Å²) in [6.07, 6.45) is 2.28. The van der Waals surface area contributed by atoms with Crippen LogP contribution in [0.2, 0.25) is 0 Å². The van der Waals surface area contributed by atoms with Gasteiger partial charge in [0.2, 0.25) is 0 Å². The monoisotopic (exact) mass is 381 g/mol. The van der Waals surface area contributed by atoms with Gasteiger partial charge in [-0.05, 0) is 76.4 Å². The highest BCUT2D eigenvalue weighted by atomic mass is 16.5. The van der Waals surface area contributed by atoms with E-state index >= 15 is 0 Å². The molecule has 3 rings (SSSR count). The number of hydrogen-bond acceptors (Lipinski definition) is 4. The number of esters is 1. The van der Waals surface area contributed by atoms with Crippen LogP contribution in [0.3, 0.4) is 0 Å². The lowest BCUT2D eigenvalue weighted by molar-refractivity contribution is -0.146. The number of amides is 1. The van der Waals surface area contributed by atoms with E-state index in [0.29, 0.717) is 11.3 Å². The average molecular weight is 381 g/mol. The van der Waals surface area contributed by atoms with E-state index in [4.69, 9.17) is 9.47 Å². The Morgan fingerprint density at radius 3 is 2.11 bits per heavy atom. The molecule has 0 bridgehead atoms. The minimum absolute atomic E-state index is 0.128. The van der Waals surface area contributed by atoms with E-state index in [-0.39, 0.29) is 18.0 Å². The van der Waals surface area contributed by atoms with Crippen molar-refractivity contribution in [1.29, 1.82) is 0 Å². The number of likely N-dealkylation sites (tertiary alicyclic amines) is 1. The summed E-state index contributed by atoms with van der Waals surface area (Å²) in [5.41, 5.74) is 0.389. The highest BCUT2D eigenvalue weighted by Crippen LogP contribution is 2.24. The number of piperidine rings is 1. The van der Waals surface area contributed by atoms with Crippen molar-refractivity contribution >= 4 is 11.9 Å². The van der Waals surface area contributed by atoms with Crippen LogP contribution in [0, 0.1) is 0 Å². The topological polar surface area (TPSA) is 55.8 Å². The van der Waals surface area contributed by atoms with Crippen LogP contribution < -0.4 is 4.74 Å². The Labute approximate surface area is 166 Å². The Morgan fingerprint density at radius 1 is 0.929 bits per heavy atom. The van der Waals surface area contributed by atoms with Crippen molar-refractivity contribution in [3.8, 4) is 11.5 Å². The minimum Gasteiger partial charge on any atom is -0.457 e. The van der Waals surface area contributed by atoms with Gasteiger partial charge in [-0.2, -0.15) is 0 Å². The predicted octanol–water partition coefficient (Wildman–Crippen LogP) is 4.81. The third kappa shape index (κ3) is 4.71. The van der Waals surface area contributed by atoms with Crippen molar-refractivity contribution in [2.45, 2.75) is 58.2 Å². The molecule has 1 aliphatic heterocycles. The average Bonchev–Trinajstić information content (AvgIpc) is 2.69. The number of carbonyl (C=O) groups is 2. The molecule has 148 valence electrons. The van der Waals surface area contributed by atoms with Crippen molar-refractivity contribution in [2.75, 3.05) is 0 Å². The summed E-state index contributed by atoms with van der Waals surface area (Å²) in [5.74, 6) is 0.714. The van der Waals surface area contributed by atoms with Crippen molar-refractivity contribution in [3.05, 3.63) is 60.2 Å². The van der Waals surface area contributed by atoms with Crippen molar-refractivity contribution in [3.63, 3.8) is 0 Å². The normalized spacial score (nSPS) is 20.3. The fourth-order valence-electron chi connectivity index (χ4n) is 3.63. The molecule has 2 aromatic rings. The molecule has 5 heteroatoms. The largest absolute Gasteiger partial charge is 0.457 e. The molecule has 1 fully saturated rings. The molecular weight excluding hydrogens is 354 g/mol. The van der Waals surface area contributed by atoms with E-state index in [1.165, 1.54) is 0 Å². The van der Waals surface area contributed by atoms with E-state index < -0.39 is 12.1 Å². The van der Waals surface area contributed by atoms with Gasteiger partial charge in [-0.3, -0.25) is 4.79 Å². The number of nitrogens with zero attached hydrogens (tertiary/aromatic N) is 1. The van der Waals surface area contributed by atoms with Gasteiger partial charge in [-0.15, -0.1) is 0 Å². The molecule has 28 heavy (non-hydrogen) atoms. The van der Waals surface area contributed by atoms with Crippen LogP contribution in [0.15, 0.2) is 54.6 Å². The summed E-state index contributed by atoms with van der Waals surface area (Å²) in [4.78, 5) is 27.1. The predicted molar refractivity (Wildman–Crippen MR) is 107 cm³/mol. The first kappa shape index (κ1) is 19.9. The number of para-hydroxylation sites is 1. The molecule has 0 aliphatic carbocycles. The fraction of sp³-hybridized carbons (Fsp3) is 0.391. The second kappa shape index (κ2) is 8.91. The lowest BCUT2D eigenvalue weighted by atomic mass is 9.97. The van der Waals surface area contributed by atoms with Crippen LogP contribution in [0.1, 0.15) is 50.4 Å². The standard InChI is InChI=1S/C23H27NO4/c1-16-8-7-9-17(2)24(16)22(25)18(3)27-23(26)19-12-14-21(15-13-19)28-20-10-5-4-6-11-20/h4-6,10-18H,7-9H2,1-3H3/t16-,17-,18-/m1/s1. The Morgan fingerprint density at radius 2 is 1.50 bits per heavy atom. The van der Waals surface area contributed by atoms with E-state index in [1.807, 2.05) is 49.1 Å². The first-order valence-corrected chi connectivity index (χ1v) is 9.82. The first-order valence-electron chi connectivity index (χ1n) is 9.82. The molecule has 0 aromatic heterocycles. The number of carbonyl (C=O) groups excluding carboxylic acids is 2. The van der Waals surface area contributed by atoms with Gasteiger partial charge < -0.3 is 14.4 Å². The first-order chi connectivity index (χ1) is 13.5. The molecule has 3 atom stereocenters. The molecular formula is C23H27NO4. The Kier molecular flexibility index (Phi) is 6.34. The highest BCUT2D eigenvalue weighted by Gasteiger charge is 2.33. The second-order valence-electron chi connectivity index (χ2n) is 7.36. The summed E-state index contributed by atoms with van der Waals surface area (Å²) in [6, 6.07) is 16.5. The van der Waals surface area contributed by atoms with Gasteiger partial charge in [0.1, 0.15) is 11.5 Å². The third-order valence-electron chi connectivity index (χ3n) is 5.15. The zero-order chi connectivity index (χ0) is 20.1. The minimum atomic E-state index is -0.809. The summed E-state index contributed by atoms with van der Waals surface area (Å²) >= 11 is 0. The van der Waals surface area contributed by atoms with Crippen molar-refractivity contribution < 1.29 is 19.1 Å². The molecule has 0 unspecified atom stereocenters. The maximum Gasteiger partial charge on any atom is 0.338 e. The molecule has 0 saturated carbocycles. The lowest BCUT2D eigenvalue weighted by Gasteiger charge is -2.40. The van der Waals surface area contributed by atoms with Gasteiger partial charge in [0.25, 0.3) is 5.91 Å². The second-order valence-corrected chi connectivity index (χ2v) is 7.36. The Balaban J connectivity index is 1.60. The third-order valence-corrected chi connectivity index (χ3v) is 5.15. The number of benzene rings is 2. The Hall–Kier alpha value is -2.82. The van der Waals surface area contributed by atoms with Crippen LogP contribution >= 0.6 is 0 Å². The SMILES string of the molecule is C[C@@H]1CCC[C@@H](C)N1C(=O)[C@@H](C)OC(=O)c1ccc(Oc2ccccc2)cc1. The summed E-state index contributed by atoms with van der Waals surface area (Å²) in [7, 11) is 0. The van der Waals surface area contributed by atoms with Gasteiger partial charge in [-0.25, -0.2) is 4.79 Å². The molecule has 0 N–H and O–H groups in total. The van der Waals surface area contributed by atoms with Crippen molar-refractivity contribution in [2.24, 2.45) is 0 Å². The summed E-state index contributed by atoms with van der Waals surface area (Å²) < 4.78 is 11.2. The fourth-order valence-corrected chi connectivity index (χ4v) is 3.63. The van der Waals surface area contributed by atoms with E-state index in [2.05, 4.69) is 0 Å². The number of ether oxygens (including phenoxy) is 2. The maximum atomic E-state index is 12.8. The van der Waals surface area contributed by atoms with Crippen LogP contribution in [-0.2, 0) is 9.53 Å². The number of rotatable bonds is 5. The molecule has 5 nitrogen and oxygen atoms in total. The number of hydrogen-bond donors (Lipinski definition) is 0. The quantitative estimate of drug-likeness (QED) is 0.697. The molecule has 1 aliphatic rings. The van der Waals surface area contributed by atoms with Gasteiger partial charge >= 0.3 is 5.97 Å². The van der Waals surface area contributed by atoms with Crippen molar-refractivity contribution in [1.82, 2.24) is 4.90 Å². The summed E-state index contributed by atoms with van der Waals surface area (Å²) in [5, 5.41) is 0. The molecule has 0 spiro atoms. The van der Waals surface area contributed by atoms with Crippen LogP contribution in [-0.4, -0.2) is 35.0 Å². The zero-order valence-corrected chi connectivity index (χ0v) is 16.6. The maximum absolute atomic E-state index is 12.8. The molecule has 0 radical (unpaired) electrons. The van der Waals surface area contributed by atoms with Crippen LogP contribution in [0.25, 0.3) is 0 Å². The van der Waals surface area contributed by atoms with Crippen LogP contribution in [0.4, 0.5) is 0 Å². The van der Waals surface area contributed by atoms with E-state index in [9.17, 15) is 9.59 Å². The van der Waals surface area contributed by atoms with E-state index in [0.717, 1.165) is 25.0 Å². The lowest BCUT2D eigenvalue weighted by Crippen LogP contribution is -2.51. The van der Waals surface area contributed by atoms with Gasteiger partial charge in [0.15, 0.2) is 6.10 Å². The Bertz CT molecular complexity index is 793. The zero-order valence-electron chi connectivity index (χ0n) is 16.6. The van der Waals surface area contributed by atoms with Crippen LogP contribution in [0.5, 0.6) is 11.5 Å². The molecule has 2 aromatic carbocycles. The smallest absolute Gasteiger partial charge is 0.338 e. The van der Waals surface area contributed by atoms with Gasteiger partial charge in [0, 0.05) is 12.1 Å².